The smallest absolute Gasteiger partial charge is 0.396 e. The Morgan fingerprint density at radius 3 is 2.48 bits per heavy atom. The van der Waals surface area contributed by atoms with Crippen LogP contribution in [0.4, 0.5) is 17.6 Å². The lowest BCUT2D eigenvalue weighted by Crippen LogP contribution is -2.45. The number of benzene rings is 1. The van der Waals surface area contributed by atoms with Crippen LogP contribution in [0, 0.1) is 5.82 Å². The van der Waals surface area contributed by atoms with Crippen LogP contribution in [0.25, 0.3) is 0 Å². The zero-order chi connectivity index (χ0) is 17.0. The fraction of sp³-hybridized carbons (Fsp3) is 0.600. The van der Waals surface area contributed by atoms with Crippen LogP contribution in [0.1, 0.15) is 30.0 Å². The second kappa shape index (κ2) is 7.79. The van der Waals surface area contributed by atoms with Crippen molar-refractivity contribution in [2.75, 3.05) is 32.8 Å². The first-order chi connectivity index (χ1) is 10.8. The van der Waals surface area contributed by atoms with Gasteiger partial charge < -0.3 is 10.4 Å². The molecule has 3 nitrogen and oxygen atoms in total. The Morgan fingerprint density at radius 1 is 1.26 bits per heavy atom. The molecule has 0 aliphatic carbocycles. The molecule has 0 spiro atoms. The van der Waals surface area contributed by atoms with Gasteiger partial charge in [0.2, 0.25) is 0 Å². The van der Waals surface area contributed by atoms with E-state index in [0.29, 0.717) is 45.1 Å². The van der Waals surface area contributed by atoms with Crippen LogP contribution in [-0.4, -0.2) is 42.8 Å². The van der Waals surface area contributed by atoms with Crippen molar-refractivity contribution >= 4 is 11.6 Å². The molecule has 2 rings (SSSR count). The number of alkyl halides is 3. The Balaban J connectivity index is 2.41. The fourth-order valence-corrected chi connectivity index (χ4v) is 3.06. The van der Waals surface area contributed by atoms with Crippen molar-refractivity contribution in [3.8, 4) is 0 Å². The fourth-order valence-electron chi connectivity index (χ4n) is 2.83. The van der Waals surface area contributed by atoms with Gasteiger partial charge in [0, 0.05) is 44.4 Å². The molecule has 1 heterocycles. The van der Waals surface area contributed by atoms with Crippen molar-refractivity contribution in [1.82, 2.24) is 10.2 Å². The average molecular weight is 355 g/mol. The molecule has 0 amide bonds. The molecule has 1 aromatic carbocycles. The van der Waals surface area contributed by atoms with Crippen LogP contribution in [0.15, 0.2) is 12.1 Å². The maximum atomic E-state index is 14.4. The highest BCUT2D eigenvalue weighted by molar-refractivity contribution is 6.30. The van der Waals surface area contributed by atoms with Gasteiger partial charge >= 0.3 is 6.18 Å². The van der Waals surface area contributed by atoms with Gasteiger partial charge in [0.05, 0.1) is 10.6 Å². The highest BCUT2D eigenvalue weighted by atomic mass is 35.5. The van der Waals surface area contributed by atoms with Crippen LogP contribution in [-0.2, 0) is 6.18 Å². The molecule has 2 N–H and O–H groups in total. The molecule has 0 unspecified atom stereocenters. The molecule has 1 atom stereocenters. The molecule has 130 valence electrons. The Labute approximate surface area is 137 Å². The number of halogens is 5. The monoisotopic (exact) mass is 354 g/mol. The van der Waals surface area contributed by atoms with E-state index in [1.54, 1.807) is 0 Å². The molecule has 1 fully saturated rings. The summed E-state index contributed by atoms with van der Waals surface area (Å²) in [7, 11) is 0. The molecule has 1 aliphatic heterocycles. The Kier molecular flexibility index (Phi) is 6.25. The van der Waals surface area contributed by atoms with Gasteiger partial charge in [-0.1, -0.05) is 11.6 Å². The van der Waals surface area contributed by atoms with Crippen LogP contribution < -0.4 is 5.32 Å². The van der Waals surface area contributed by atoms with Crippen LogP contribution >= 0.6 is 11.6 Å². The minimum atomic E-state index is -4.59. The Bertz CT molecular complexity index is 533. The van der Waals surface area contributed by atoms with E-state index in [1.807, 2.05) is 4.90 Å². The molecular weight excluding hydrogens is 336 g/mol. The Morgan fingerprint density at radius 2 is 1.91 bits per heavy atom. The van der Waals surface area contributed by atoms with Crippen LogP contribution in [0.3, 0.4) is 0 Å². The molecule has 0 aromatic heterocycles. The van der Waals surface area contributed by atoms with Crippen LogP contribution in [0.2, 0.25) is 5.02 Å². The maximum absolute atomic E-state index is 14.4. The summed E-state index contributed by atoms with van der Waals surface area (Å²) >= 11 is 5.69. The lowest BCUT2D eigenvalue weighted by molar-refractivity contribution is -0.137. The van der Waals surface area contributed by atoms with Crippen LogP contribution in [0.5, 0.6) is 0 Å². The van der Waals surface area contributed by atoms with E-state index in [2.05, 4.69) is 5.32 Å². The molecule has 23 heavy (non-hydrogen) atoms. The quantitative estimate of drug-likeness (QED) is 0.797. The van der Waals surface area contributed by atoms with Crippen molar-refractivity contribution in [3.05, 3.63) is 34.1 Å². The van der Waals surface area contributed by atoms with E-state index in [4.69, 9.17) is 16.7 Å². The number of hydrogen-bond donors (Lipinski definition) is 2. The number of hydrogen-bond acceptors (Lipinski definition) is 3. The molecule has 1 aromatic rings. The Hall–Kier alpha value is -0.890. The lowest BCUT2D eigenvalue weighted by atomic mass is 9.97. The summed E-state index contributed by atoms with van der Waals surface area (Å²) in [5.41, 5.74) is -1.01. The number of aliphatic hydroxyl groups is 1. The average Bonchev–Trinajstić information content (AvgIpc) is 2.51. The first kappa shape index (κ1) is 18.4. The maximum Gasteiger partial charge on any atom is 0.416 e. The first-order valence-electron chi connectivity index (χ1n) is 7.46. The summed E-state index contributed by atoms with van der Waals surface area (Å²) in [6, 6.07) is 0.913. The standard InChI is InChI=1S/C15H19ClF4N2O/c16-12-9-10(15(18,19)20)8-11(14(12)17)13(2-1-7-23)22-5-3-21-4-6-22/h8-9,13,21,23H,1-7H2/t13-/m0/s1. The molecule has 1 saturated heterocycles. The minimum Gasteiger partial charge on any atom is -0.396 e. The third kappa shape index (κ3) is 4.56. The topological polar surface area (TPSA) is 35.5 Å². The van der Waals surface area contributed by atoms with Crippen molar-refractivity contribution in [2.24, 2.45) is 0 Å². The summed E-state index contributed by atoms with van der Waals surface area (Å²) in [4.78, 5) is 1.93. The highest BCUT2D eigenvalue weighted by Crippen LogP contribution is 2.37. The second-order valence-electron chi connectivity index (χ2n) is 5.53. The van der Waals surface area contributed by atoms with Gasteiger partial charge in [0.15, 0.2) is 0 Å². The largest absolute Gasteiger partial charge is 0.416 e. The van der Waals surface area contributed by atoms with E-state index in [9.17, 15) is 17.6 Å². The predicted molar refractivity (Wildman–Crippen MR) is 79.9 cm³/mol. The number of nitrogens with one attached hydrogen (secondary N) is 1. The van der Waals surface area contributed by atoms with Gasteiger partial charge in [-0.15, -0.1) is 0 Å². The summed E-state index contributed by atoms with van der Waals surface area (Å²) in [5, 5.41) is 11.7. The lowest BCUT2D eigenvalue weighted by Gasteiger charge is -2.35. The summed E-state index contributed by atoms with van der Waals surface area (Å²) in [5.74, 6) is -0.818. The summed E-state index contributed by atoms with van der Waals surface area (Å²) in [6.07, 6.45) is -3.84. The van der Waals surface area contributed by atoms with Gasteiger partial charge in [0.1, 0.15) is 5.82 Å². The van der Waals surface area contributed by atoms with Gasteiger partial charge in [-0.05, 0) is 25.0 Å². The zero-order valence-electron chi connectivity index (χ0n) is 12.5. The molecule has 0 radical (unpaired) electrons. The first-order valence-corrected chi connectivity index (χ1v) is 7.84. The number of rotatable bonds is 5. The summed E-state index contributed by atoms with van der Waals surface area (Å²) < 4.78 is 53.4. The normalized spacial score (nSPS) is 18.2. The van der Waals surface area contributed by atoms with E-state index < -0.39 is 28.6 Å². The second-order valence-corrected chi connectivity index (χ2v) is 5.93. The number of nitrogens with zero attached hydrogens (tertiary/aromatic N) is 1. The predicted octanol–water partition coefficient (Wildman–Crippen LogP) is 3.22. The van der Waals surface area contributed by atoms with E-state index in [-0.39, 0.29) is 12.2 Å². The molecular formula is C15H19ClF4N2O. The number of piperazine rings is 1. The van der Waals surface area contributed by atoms with Gasteiger partial charge in [0.25, 0.3) is 0 Å². The van der Waals surface area contributed by atoms with E-state index in [1.165, 1.54) is 0 Å². The van der Waals surface area contributed by atoms with Crippen molar-refractivity contribution in [1.29, 1.82) is 0 Å². The van der Waals surface area contributed by atoms with Gasteiger partial charge in [-0.3, -0.25) is 4.90 Å². The van der Waals surface area contributed by atoms with Crippen molar-refractivity contribution < 1.29 is 22.7 Å². The minimum absolute atomic E-state index is 0.0554. The summed E-state index contributed by atoms with van der Waals surface area (Å²) in [6.45, 7) is 2.47. The highest BCUT2D eigenvalue weighted by Gasteiger charge is 2.34. The van der Waals surface area contributed by atoms with Crippen molar-refractivity contribution in [3.63, 3.8) is 0 Å². The number of aliphatic hydroxyl groups excluding tert-OH is 1. The SMILES string of the molecule is OCCC[C@@H](c1cc(C(F)(F)F)cc(Cl)c1F)N1CCNCC1. The van der Waals surface area contributed by atoms with Gasteiger partial charge in [-0.2, -0.15) is 13.2 Å². The molecule has 8 heteroatoms. The van der Waals surface area contributed by atoms with E-state index >= 15 is 0 Å². The third-order valence-corrected chi connectivity index (χ3v) is 4.25. The molecule has 0 bridgehead atoms. The molecule has 1 aliphatic rings. The third-order valence-electron chi connectivity index (χ3n) is 3.97. The molecule has 0 saturated carbocycles. The van der Waals surface area contributed by atoms with E-state index in [0.717, 1.165) is 6.07 Å². The van der Waals surface area contributed by atoms with Crippen molar-refractivity contribution in [2.45, 2.75) is 25.1 Å². The zero-order valence-corrected chi connectivity index (χ0v) is 13.2. The van der Waals surface area contributed by atoms with Gasteiger partial charge in [-0.25, -0.2) is 4.39 Å².